The molecular formula is C17H14BrN3O2. The highest BCUT2D eigenvalue weighted by Gasteiger charge is 2.07. The summed E-state index contributed by atoms with van der Waals surface area (Å²) in [6.45, 7) is -0.121. The summed E-state index contributed by atoms with van der Waals surface area (Å²) in [5.41, 5.74) is 1.84. The number of amides is 2. The van der Waals surface area contributed by atoms with Crippen LogP contribution in [0.3, 0.4) is 0 Å². The molecule has 0 bridgehead atoms. The monoisotopic (exact) mass is 371 g/mol. The topological polar surface area (TPSA) is 82.0 Å². The number of anilines is 1. The van der Waals surface area contributed by atoms with Gasteiger partial charge in [0.15, 0.2) is 0 Å². The van der Waals surface area contributed by atoms with Crippen molar-refractivity contribution in [2.24, 2.45) is 0 Å². The van der Waals surface area contributed by atoms with E-state index in [1.807, 2.05) is 30.3 Å². The molecule has 0 heterocycles. The molecule has 0 aromatic heterocycles. The van der Waals surface area contributed by atoms with Gasteiger partial charge in [-0.2, -0.15) is 5.26 Å². The van der Waals surface area contributed by atoms with Crippen molar-refractivity contribution in [2.45, 2.75) is 6.42 Å². The van der Waals surface area contributed by atoms with Gasteiger partial charge < -0.3 is 10.6 Å². The lowest BCUT2D eigenvalue weighted by Crippen LogP contribution is -2.33. The fourth-order valence-electron chi connectivity index (χ4n) is 1.95. The van der Waals surface area contributed by atoms with Crippen LogP contribution in [-0.4, -0.2) is 18.4 Å². The highest BCUT2D eigenvalue weighted by Crippen LogP contribution is 2.12. The van der Waals surface area contributed by atoms with E-state index >= 15 is 0 Å². The molecule has 0 atom stereocenters. The van der Waals surface area contributed by atoms with Crippen molar-refractivity contribution >= 4 is 33.4 Å². The van der Waals surface area contributed by atoms with Gasteiger partial charge >= 0.3 is 0 Å². The van der Waals surface area contributed by atoms with E-state index in [-0.39, 0.29) is 24.8 Å². The van der Waals surface area contributed by atoms with Crippen LogP contribution in [0.25, 0.3) is 0 Å². The minimum Gasteiger partial charge on any atom is -0.347 e. The lowest BCUT2D eigenvalue weighted by molar-refractivity contribution is -0.123. The molecule has 0 unspecified atom stereocenters. The Hall–Kier alpha value is -2.65. The molecule has 0 aliphatic carbocycles. The highest BCUT2D eigenvalue weighted by molar-refractivity contribution is 9.10. The predicted molar refractivity (Wildman–Crippen MR) is 90.6 cm³/mol. The average Bonchev–Trinajstić information content (AvgIpc) is 2.53. The van der Waals surface area contributed by atoms with E-state index in [1.54, 1.807) is 24.3 Å². The smallest absolute Gasteiger partial charge is 0.243 e. The molecule has 2 rings (SSSR count). The first kappa shape index (κ1) is 16.7. The summed E-state index contributed by atoms with van der Waals surface area (Å²) < 4.78 is 0.901. The molecule has 0 fully saturated rings. The number of hydrogen-bond acceptors (Lipinski definition) is 3. The number of carbonyl (C=O) groups excluding carboxylic acids is 2. The third-order valence-electron chi connectivity index (χ3n) is 2.98. The standard InChI is InChI=1S/C17H14BrN3O2/c18-14-5-1-3-12(7-14)9-16(22)20-11-17(23)21-15-6-2-4-13(8-15)10-19/h1-8H,9,11H2,(H,20,22)(H,21,23). The van der Waals surface area contributed by atoms with Gasteiger partial charge in [-0.1, -0.05) is 34.1 Å². The van der Waals surface area contributed by atoms with Gasteiger partial charge in [0.25, 0.3) is 0 Å². The SMILES string of the molecule is N#Cc1cccc(NC(=O)CNC(=O)Cc2cccc(Br)c2)c1. The van der Waals surface area contributed by atoms with Gasteiger partial charge in [-0.3, -0.25) is 9.59 Å². The van der Waals surface area contributed by atoms with E-state index in [9.17, 15) is 9.59 Å². The van der Waals surface area contributed by atoms with Gasteiger partial charge in [-0.15, -0.1) is 0 Å². The van der Waals surface area contributed by atoms with Gasteiger partial charge in [0, 0.05) is 10.2 Å². The third kappa shape index (κ3) is 5.57. The lowest BCUT2D eigenvalue weighted by Gasteiger charge is -2.07. The maximum absolute atomic E-state index is 11.8. The number of hydrogen-bond donors (Lipinski definition) is 2. The van der Waals surface area contributed by atoms with Crippen molar-refractivity contribution in [1.82, 2.24) is 5.32 Å². The van der Waals surface area contributed by atoms with E-state index in [0.29, 0.717) is 11.3 Å². The van der Waals surface area contributed by atoms with Crippen molar-refractivity contribution in [1.29, 1.82) is 5.26 Å². The van der Waals surface area contributed by atoms with E-state index in [0.717, 1.165) is 10.0 Å². The van der Waals surface area contributed by atoms with E-state index in [4.69, 9.17) is 5.26 Å². The number of nitrogens with zero attached hydrogens (tertiary/aromatic N) is 1. The van der Waals surface area contributed by atoms with Crippen LogP contribution in [0.15, 0.2) is 53.0 Å². The van der Waals surface area contributed by atoms with Crippen LogP contribution >= 0.6 is 15.9 Å². The average molecular weight is 372 g/mol. The molecule has 2 aromatic rings. The van der Waals surface area contributed by atoms with Crippen molar-refractivity contribution in [3.63, 3.8) is 0 Å². The van der Waals surface area contributed by atoms with Crippen LogP contribution in [0.1, 0.15) is 11.1 Å². The number of halogens is 1. The molecule has 2 amide bonds. The molecule has 23 heavy (non-hydrogen) atoms. The van der Waals surface area contributed by atoms with Crippen molar-refractivity contribution in [3.05, 3.63) is 64.1 Å². The molecule has 2 N–H and O–H groups in total. The molecule has 6 heteroatoms. The van der Waals surface area contributed by atoms with Gasteiger partial charge in [0.1, 0.15) is 0 Å². The number of benzene rings is 2. The number of carbonyl (C=O) groups is 2. The van der Waals surface area contributed by atoms with E-state index in [2.05, 4.69) is 26.6 Å². The Morgan fingerprint density at radius 2 is 1.87 bits per heavy atom. The molecule has 0 aliphatic rings. The van der Waals surface area contributed by atoms with Crippen LogP contribution in [0.2, 0.25) is 0 Å². The number of nitriles is 1. The predicted octanol–water partition coefficient (Wildman–Crippen LogP) is 2.62. The van der Waals surface area contributed by atoms with Gasteiger partial charge in [0.05, 0.1) is 24.6 Å². The number of rotatable bonds is 5. The summed E-state index contributed by atoms with van der Waals surface area (Å²) in [5, 5.41) is 14.0. The Balaban J connectivity index is 1.82. The van der Waals surface area contributed by atoms with Crippen molar-refractivity contribution in [3.8, 4) is 6.07 Å². The summed E-state index contributed by atoms with van der Waals surface area (Å²) in [5.74, 6) is -0.577. The van der Waals surface area contributed by atoms with Crippen LogP contribution in [0.5, 0.6) is 0 Å². The molecule has 0 aliphatic heterocycles. The maximum atomic E-state index is 11.8. The van der Waals surface area contributed by atoms with Crippen LogP contribution in [-0.2, 0) is 16.0 Å². The first-order valence-electron chi connectivity index (χ1n) is 6.88. The Kier molecular flexibility index (Phi) is 5.89. The molecular weight excluding hydrogens is 358 g/mol. The Morgan fingerprint density at radius 3 is 2.61 bits per heavy atom. The van der Waals surface area contributed by atoms with Gasteiger partial charge in [0.2, 0.25) is 11.8 Å². The van der Waals surface area contributed by atoms with Crippen LogP contribution < -0.4 is 10.6 Å². The van der Waals surface area contributed by atoms with E-state index in [1.165, 1.54) is 0 Å². The Labute approximate surface area is 142 Å². The third-order valence-corrected chi connectivity index (χ3v) is 3.47. The van der Waals surface area contributed by atoms with Gasteiger partial charge in [-0.25, -0.2) is 0 Å². The zero-order valence-corrected chi connectivity index (χ0v) is 13.8. The fraction of sp³-hybridized carbons (Fsp3) is 0.118. The van der Waals surface area contributed by atoms with Gasteiger partial charge in [-0.05, 0) is 35.9 Å². The zero-order chi connectivity index (χ0) is 16.7. The zero-order valence-electron chi connectivity index (χ0n) is 12.2. The fourth-order valence-corrected chi connectivity index (χ4v) is 2.39. The minimum absolute atomic E-state index is 0.121. The van der Waals surface area contributed by atoms with Crippen molar-refractivity contribution < 1.29 is 9.59 Å². The molecule has 116 valence electrons. The maximum Gasteiger partial charge on any atom is 0.243 e. The second-order valence-electron chi connectivity index (χ2n) is 4.82. The Bertz CT molecular complexity index is 768. The summed E-state index contributed by atoms with van der Waals surface area (Å²) in [7, 11) is 0. The lowest BCUT2D eigenvalue weighted by atomic mass is 10.1. The van der Waals surface area contributed by atoms with Crippen LogP contribution in [0.4, 0.5) is 5.69 Å². The first-order valence-corrected chi connectivity index (χ1v) is 7.67. The molecule has 0 spiro atoms. The summed E-state index contributed by atoms with van der Waals surface area (Å²) in [6, 6.07) is 16.0. The van der Waals surface area contributed by atoms with Crippen LogP contribution in [0, 0.1) is 11.3 Å². The normalized spacial score (nSPS) is 9.74. The summed E-state index contributed by atoms with van der Waals surface area (Å²) in [4.78, 5) is 23.6. The second-order valence-corrected chi connectivity index (χ2v) is 5.74. The number of nitrogens with one attached hydrogen (secondary N) is 2. The van der Waals surface area contributed by atoms with Crippen molar-refractivity contribution in [2.75, 3.05) is 11.9 Å². The summed E-state index contributed by atoms with van der Waals surface area (Å²) >= 11 is 3.34. The molecule has 2 aromatic carbocycles. The molecule has 0 saturated carbocycles. The Morgan fingerprint density at radius 1 is 1.09 bits per heavy atom. The largest absolute Gasteiger partial charge is 0.347 e. The quantitative estimate of drug-likeness (QED) is 0.847. The molecule has 0 radical (unpaired) electrons. The van der Waals surface area contributed by atoms with E-state index < -0.39 is 0 Å². The minimum atomic E-state index is -0.345. The second kappa shape index (κ2) is 8.11. The summed E-state index contributed by atoms with van der Waals surface area (Å²) in [6.07, 6.45) is 0.205. The molecule has 0 saturated heterocycles. The highest BCUT2D eigenvalue weighted by atomic mass is 79.9. The molecule has 5 nitrogen and oxygen atoms in total. The first-order chi connectivity index (χ1) is 11.1.